The maximum Gasteiger partial charge on any atom is 0.251 e. The van der Waals surface area contributed by atoms with Crippen LogP contribution < -0.4 is 5.32 Å². The molecule has 3 nitrogen and oxygen atoms in total. The van der Waals surface area contributed by atoms with Crippen LogP contribution in [0, 0.1) is 24.5 Å². The molecule has 0 spiro atoms. The third-order valence-corrected chi connectivity index (χ3v) is 3.00. The highest BCUT2D eigenvalue weighted by molar-refractivity contribution is 5.91. The summed E-state index contributed by atoms with van der Waals surface area (Å²) in [6, 6.07) is 9.44. The van der Waals surface area contributed by atoms with Crippen molar-refractivity contribution in [3.63, 3.8) is 0 Å². The van der Waals surface area contributed by atoms with Gasteiger partial charge in [-0.15, -0.1) is 0 Å². The van der Waals surface area contributed by atoms with E-state index in [0.29, 0.717) is 17.3 Å². The van der Waals surface area contributed by atoms with Gasteiger partial charge in [-0.3, -0.25) is 4.98 Å². The van der Waals surface area contributed by atoms with Gasteiger partial charge >= 0.3 is 0 Å². The summed E-state index contributed by atoms with van der Waals surface area (Å²) in [6.45, 7) is 1.83. The average Bonchev–Trinajstić information content (AvgIpc) is 2.45. The smallest absolute Gasteiger partial charge is 0.251 e. The van der Waals surface area contributed by atoms with Gasteiger partial charge in [0.25, 0.3) is 5.95 Å². The number of fused-ring (bicyclic) bond motifs is 1. The molecular weight excluding hydrogens is 279 g/mol. The minimum atomic E-state index is -1.36. The zero-order valence-electron chi connectivity index (χ0n) is 11.0. The SMILES string of the molecule is Cc1ccc2cccc(Nc3nc(F)c(F)cc3F)c2n1. The van der Waals surface area contributed by atoms with Crippen LogP contribution in [0.15, 0.2) is 36.4 Å². The van der Waals surface area contributed by atoms with Gasteiger partial charge in [-0.2, -0.15) is 9.37 Å². The highest BCUT2D eigenvalue weighted by atomic mass is 19.2. The van der Waals surface area contributed by atoms with E-state index in [1.54, 1.807) is 12.1 Å². The van der Waals surface area contributed by atoms with Gasteiger partial charge in [-0.05, 0) is 19.1 Å². The minimum absolute atomic E-state index is 0.385. The molecule has 3 rings (SSSR count). The molecule has 0 radical (unpaired) electrons. The third kappa shape index (κ3) is 2.52. The van der Waals surface area contributed by atoms with Gasteiger partial charge in [0.2, 0.25) is 0 Å². The van der Waals surface area contributed by atoms with Gasteiger partial charge in [0.15, 0.2) is 17.5 Å². The summed E-state index contributed by atoms with van der Waals surface area (Å²) in [6.07, 6.45) is 0. The van der Waals surface area contributed by atoms with E-state index in [4.69, 9.17) is 0 Å². The summed E-state index contributed by atoms with van der Waals surface area (Å²) in [5.41, 5.74) is 1.85. The second-order valence-corrected chi connectivity index (χ2v) is 4.55. The van der Waals surface area contributed by atoms with E-state index in [1.807, 2.05) is 25.1 Å². The molecule has 1 N–H and O–H groups in total. The lowest BCUT2D eigenvalue weighted by molar-refractivity contribution is 0.467. The topological polar surface area (TPSA) is 37.8 Å². The summed E-state index contributed by atoms with van der Waals surface area (Å²) >= 11 is 0. The summed E-state index contributed by atoms with van der Waals surface area (Å²) in [7, 11) is 0. The first-order chi connectivity index (χ1) is 10.0. The normalized spacial score (nSPS) is 10.9. The van der Waals surface area contributed by atoms with Crippen molar-refractivity contribution in [2.24, 2.45) is 0 Å². The molecular formula is C15H10F3N3. The first kappa shape index (κ1) is 13.4. The lowest BCUT2D eigenvalue weighted by Crippen LogP contribution is -2.02. The van der Waals surface area contributed by atoms with Crippen LogP contribution in [0.3, 0.4) is 0 Å². The minimum Gasteiger partial charge on any atom is -0.336 e. The molecule has 0 atom stereocenters. The van der Waals surface area contributed by atoms with Crippen LogP contribution >= 0.6 is 0 Å². The van der Waals surface area contributed by atoms with Crippen LogP contribution in [0.25, 0.3) is 10.9 Å². The van der Waals surface area contributed by atoms with Crippen LogP contribution in [0.2, 0.25) is 0 Å². The molecule has 0 aliphatic carbocycles. The lowest BCUT2D eigenvalue weighted by Gasteiger charge is -2.10. The van der Waals surface area contributed by atoms with E-state index < -0.39 is 17.6 Å². The molecule has 0 aliphatic heterocycles. The average molecular weight is 289 g/mol. The number of hydrogen-bond acceptors (Lipinski definition) is 3. The van der Waals surface area contributed by atoms with E-state index >= 15 is 0 Å². The van der Waals surface area contributed by atoms with Gasteiger partial charge in [-0.25, -0.2) is 8.78 Å². The third-order valence-electron chi connectivity index (χ3n) is 3.00. The number of benzene rings is 1. The quantitative estimate of drug-likeness (QED) is 0.722. The Kier molecular flexibility index (Phi) is 3.21. The Hall–Kier alpha value is -2.63. The van der Waals surface area contributed by atoms with E-state index in [2.05, 4.69) is 15.3 Å². The van der Waals surface area contributed by atoms with Crippen LogP contribution in [-0.2, 0) is 0 Å². The van der Waals surface area contributed by atoms with Gasteiger partial charge in [0.1, 0.15) is 0 Å². The molecule has 2 heterocycles. The molecule has 0 amide bonds. The van der Waals surface area contributed by atoms with Crippen molar-refractivity contribution in [2.75, 3.05) is 5.32 Å². The Bertz CT molecular complexity index is 834. The number of para-hydroxylation sites is 1. The molecule has 0 saturated carbocycles. The molecule has 0 saturated heterocycles. The van der Waals surface area contributed by atoms with Crippen molar-refractivity contribution >= 4 is 22.4 Å². The number of aromatic nitrogens is 2. The summed E-state index contributed by atoms with van der Waals surface area (Å²) in [4.78, 5) is 7.60. The summed E-state index contributed by atoms with van der Waals surface area (Å²) in [5, 5.41) is 3.50. The highest BCUT2D eigenvalue weighted by Gasteiger charge is 2.13. The van der Waals surface area contributed by atoms with Crippen molar-refractivity contribution in [3.8, 4) is 0 Å². The molecule has 21 heavy (non-hydrogen) atoms. The number of pyridine rings is 2. The van der Waals surface area contributed by atoms with Gasteiger partial charge in [0.05, 0.1) is 11.2 Å². The Morgan fingerprint density at radius 2 is 1.76 bits per heavy atom. The first-order valence-electron chi connectivity index (χ1n) is 6.19. The van der Waals surface area contributed by atoms with Crippen molar-refractivity contribution in [3.05, 3.63) is 59.7 Å². The molecule has 0 unspecified atom stereocenters. The number of anilines is 2. The predicted molar refractivity (Wildman–Crippen MR) is 73.9 cm³/mol. The van der Waals surface area contributed by atoms with Gasteiger partial charge < -0.3 is 5.32 Å². The molecule has 1 aromatic carbocycles. The molecule has 2 aromatic heterocycles. The number of rotatable bonds is 2. The molecule has 3 aromatic rings. The van der Waals surface area contributed by atoms with Gasteiger partial charge in [-0.1, -0.05) is 18.2 Å². The maximum atomic E-state index is 13.6. The first-order valence-corrected chi connectivity index (χ1v) is 6.19. The van der Waals surface area contributed by atoms with Crippen LogP contribution in [0.4, 0.5) is 24.7 Å². The van der Waals surface area contributed by atoms with Crippen molar-refractivity contribution in [1.29, 1.82) is 0 Å². The van der Waals surface area contributed by atoms with Crippen LogP contribution in [0.5, 0.6) is 0 Å². The second-order valence-electron chi connectivity index (χ2n) is 4.55. The zero-order chi connectivity index (χ0) is 15.0. The Morgan fingerprint density at radius 1 is 0.952 bits per heavy atom. The van der Waals surface area contributed by atoms with E-state index in [1.165, 1.54) is 0 Å². The predicted octanol–water partition coefficient (Wildman–Crippen LogP) is 4.10. The van der Waals surface area contributed by atoms with E-state index in [-0.39, 0.29) is 5.82 Å². The molecule has 6 heteroatoms. The van der Waals surface area contributed by atoms with E-state index in [0.717, 1.165) is 11.1 Å². The monoisotopic (exact) mass is 289 g/mol. The Labute approximate surface area is 118 Å². The van der Waals surface area contributed by atoms with Crippen molar-refractivity contribution in [2.45, 2.75) is 6.92 Å². The Morgan fingerprint density at radius 3 is 2.57 bits per heavy atom. The maximum absolute atomic E-state index is 13.6. The van der Waals surface area contributed by atoms with Crippen LogP contribution in [0.1, 0.15) is 5.69 Å². The lowest BCUT2D eigenvalue weighted by atomic mass is 10.1. The summed E-state index contributed by atoms with van der Waals surface area (Å²) in [5.74, 6) is -4.04. The van der Waals surface area contributed by atoms with Crippen LogP contribution in [-0.4, -0.2) is 9.97 Å². The fraction of sp³-hybridized carbons (Fsp3) is 0.0667. The number of aryl methyl sites for hydroxylation is 1. The zero-order valence-corrected chi connectivity index (χ0v) is 11.0. The number of nitrogens with one attached hydrogen (secondary N) is 1. The molecule has 0 bridgehead atoms. The second kappa shape index (κ2) is 5.05. The fourth-order valence-electron chi connectivity index (χ4n) is 2.00. The largest absolute Gasteiger partial charge is 0.336 e. The van der Waals surface area contributed by atoms with E-state index in [9.17, 15) is 13.2 Å². The standard InChI is InChI=1S/C15H10F3N3/c1-8-5-6-9-3-2-4-12(13(9)19-8)20-15-11(17)7-10(16)14(18)21-15/h2-7H,1H3,(H,20,21). The van der Waals surface area contributed by atoms with Crippen molar-refractivity contribution in [1.82, 2.24) is 9.97 Å². The molecule has 0 aliphatic rings. The number of nitrogens with zero attached hydrogens (tertiary/aromatic N) is 2. The number of halogens is 3. The summed E-state index contributed by atoms with van der Waals surface area (Å²) < 4.78 is 39.7. The molecule has 106 valence electrons. The molecule has 0 fully saturated rings. The number of hydrogen-bond donors (Lipinski definition) is 1. The van der Waals surface area contributed by atoms with Gasteiger partial charge in [0, 0.05) is 17.1 Å². The van der Waals surface area contributed by atoms with Crippen molar-refractivity contribution < 1.29 is 13.2 Å². The fourth-order valence-corrected chi connectivity index (χ4v) is 2.00. The highest BCUT2D eigenvalue weighted by Crippen LogP contribution is 2.26. The Balaban J connectivity index is 2.10.